The number of hydrogen-bond donors (Lipinski definition) is 1. The maximum absolute atomic E-state index is 12.8. The Kier molecular flexibility index (Phi) is 4.00. The molecule has 0 spiro atoms. The minimum atomic E-state index is -0.199. The highest BCUT2D eigenvalue weighted by atomic mass is 19.1. The molecule has 94 valence electrons. The maximum atomic E-state index is 12.8. The molecule has 0 aromatic heterocycles. The van der Waals surface area contributed by atoms with Crippen molar-refractivity contribution in [3.8, 4) is 0 Å². The zero-order chi connectivity index (χ0) is 12.3. The number of aliphatic hydroxyl groups is 1. The molecule has 1 aromatic rings. The van der Waals surface area contributed by atoms with Crippen LogP contribution in [0.3, 0.4) is 0 Å². The first kappa shape index (κ1) is 12.4. The van der Waals surface area contributed by atoms with Crippen molar-refractivity contribution in [3.05, 3.63) is 30.1 Å². The average molecular weight is 237 g/mol. The number of nitrogens with zero attached hydrogens (tertiary/aromatic N) is 1. The number of rotatable bonds is 4. The van der Waals surface area contributed by atoms with Crippen LogP contribution in [0.1, 0.15) is 26.2 Å². The zero-order valence-electron chi connectivity index (χ0n) is 10.3. The zero-order valence-corrected chi connectivity index (χ0v) is 10.3. The van der Waals surface area contributed by atoms with Crippen LogP contribution >= 0.6 is 0 Å². The number of benzene rings is 1. The molecule has 3 heteroatoms. The minimum Gasteiger partial charge on any atom is -0.393 e. The molecule has 0 amide bonds. The van der Waals surface area contributed by atoms with Gasteiger partial charge in [-0.2, -0.15) is 0 Å². The van der Waals surface area contributed by atoms with Gasteiger partial charge in [-0.25, -0.2) is 4.39 Å². The Balaban J connectivity index is 1.87. The van der Waals surface area contributed by atoms with Gasteiger partial charge in [0.25, 0.3) is 0 Å². The Morgan fingerprint density at radius 2 is 2.12 bits per heavy atom. The quantitative estimate of drug-likeness (QED) is 0.870. The summed E-state index contributed by atoms with van der Waals surface area (Å²) in [5.74, 6) is 0.480. The number of hydrogen-bond acceptors (Lipinski definition) is 2. The highest BCUT2D eigenvalue weighted by Crippen LogP contribution is 2.26. The minimum absolute atomic E-state index is 0.182. The molecule has 0 radical (unpaired) electrons. The average Bonchev–Trinajstić information content (AvgIpc) is 2.76. The highest BCUT2D eigenvalue weighted by Gasteiger charge is 2.22. The molecule has 1 fully saturated rings. The van der Waals surface area contributed by atoms with Crippen molar-refractivity contribution in [1.82, 2.24) is 0 Å². The van der Waals surface area contributed by atoms with E-state index in [0.29, 0.717) is 5.92 Å². The largest absolute Gasteiger partial charge is 0.393 e. The molecule has 2 atom stereocenters. The Morgan fingerprint density at radius 1 is 1.41 bits per heavy atom. The molecule has 1 aromatic carbocycles. The summed E-state index contributed by atoms with van der Waals surface area (Å²) in [4.78, 5) is 2.30. The van der Waals surface area contributed by atoms with Crippen molar-refractivity contribution in [2.24, 2.45) is 5.92 Å². The van der Waals surface area contributed by atoms with Gasteiger partial charge in [-0.05, 0) is 56.4 Å². The molecule has 0 saturated carbocycles. The third-order valence-corrected chi connectivity index (χ3v) is 3.47. The van der Waals surface area contributed by atoms with Crippen LogP contribution in [0.4, 0.5) is 10.1 Å². The van der Waals surface area contributed by atoms with E-state index in [1.807, 2.05) is 19.1 Å². The first-order valence-corrected chi connectivity index (χ1v) is 6.33. The van der Waals surface area contributed by atoms with Gasteiger partial charge in [0.1, 0.15) is 5.82 Å². The molecule has 2 unspecified atom stereocenters. The van der Waals surface area contributed by atoms with Crippen molar-refractivity contribution >= 4 is 5.69 Å². The standard InChI is InChI=1S/C14H20FNO/c1-11(17)2-3-12-8-9-16(10-12)14-6-4-13(15)5-7-14/h4-7,11-12,17H,2-3,8-10H2,1H3. The molecule has 2 rings (SSSR count). The molecule has 1 N–H and O–H groups in total. The topological polar surface area (TPSA) is 23.5 Å². The van der Waals surface area contributed by atoms with Gasteiger partial charge < -0.3 is 10.0 Å². The van der Waals surface area contributed by atoms with Gasteiger partial charge in [-0.3, -0.25) is 0 Å². The number of halogens is 1. The summed E-state index contributed by atoms with van der Waals surface area (Å²) in [6.07, 6.45) is 2.93. The number of anilines is 1. The van der Waals surface area contributed by atoms with E-state index in [0.717, 1.165) is 31.6 Å². The van der Waals surface area contributed by atoms with Gasteiger partial charge >= 0.3 is 0 Å². The summed E-state index contributed by atoms with van der Waals surface area (Å²) in [7, 11) is 0. The predicted octanol–water partition coefficient (Wildman–Crippen LogP) is 2.81. The van der Waals surface area contributed by atoms with Crippen LogP contribution in [0.25, 0.3) is 0 Å². The van der Waals surface area contributed by atoms with Crippen molar-refractivity contribution in [2.45, 2.75) is 32.3 Å². The van der Waals surface area contributed by atoms with Crippen LogP contribution in [0.2, 0.25) is 0 Å². The Bertz CT molecular complexity index is 350. The lowest BCUT2D eigenvalue weighted by molar-refractivity contribution is 0.175. The van der Waals surface area contributed by atoms with E-state index >= 15 is 0 Å². The smallest absolute Gasteiger partial charge is 0.123 e. The summed E-state index contributed by atoms with van der Waals surface area (Å²) in [5.41, 5.74) is 1.10. The van der Waals surface area contributed by atoms with E-state index < -0.39 is 0 Å². The molecular formula is C14H20FNO. The Labute approximate surface area is 102 Å². The molecule has 0 aliphatic carbocycles. The molecule has 0 bridgehead atoms. The van der Waals surface area contributed by atoms with Crippen LogP contribution in [0.15, 0.2) is 24.3 Å². The molecular weight excluding hydrogens is 217 g/mol. The molecule has 2 nitrogen and oxygen atoms in total. The summed E-state index contributed by atoms with van der Waals surface area (Å²) in [5, 5.41) is 9.27. The first-order chi connectivity index (χ1) is 8.15. The first-order valence-electron chi connectivity index (χ1n) is 6.33. The lowest BCUT2D eigenvalue weighted by Crippen LogP contribution is -2.19. The fourth-order valence-electron chi connectivity index (χ4n) is 2.43. The van der Waals surface area contributed by atoms with Gasteiger partial charge in [0, 0.05) is 18.8 Å². The molecule has 1 saturated heterocycles. The van der Waals surface area contributed by atoms with Crippen molar-refractivity contribution in [3.63, 3.8) is 0 Å². The van der Waals surface area contributed by atoms with Crippen LogP contribution in [-0.2, 0) is 0 Å². The van der Waals surface area contributed by atoms with Crippen molar-refractivity contribution in [1.29, 1.82) is 0 Å². The van der Waals surface area contributed by atoms with Crippen LogP contribution < -0.4 is 4.90 Å². The predicted molar refractivity (Wildman–Crippen MR) is 67.6 cm³/mol. The SMILES string of the molecule is CC(O)CCC1CCN(c2ccc(F)cc2)C1. The van der Waals surface area contributed by atoms with Gasteiger partial charge in [-0.1, -0.05) is 0 Å². The van der Waals surface area contributed by atoms with Crippen molar-refractivity contribution < 1.29 is 9.50 Å². The van der Waals surface area contributed by atoms with Crippen molar-refractivity contribution in [2.75, 3.05) is 18.0 Å². The highest BCUT2D eigenvalue weighted by molar-refractivity contribution is 5.47. The van der Waals surface area contributed by atoms with Gasteiger partial charge in [0.15, 0.2) is 0 Å². The molecule has 1 aliphatic heterocycles. The van der Waals surface area contributed by atoms with Gasteiger partial charge in [0.05, 0.1) is 6.10 Å². The van der Waals surface area contributed by atoms with E-state index in [-0.39, 0.29) is 11.9 Å². The molecule has 17 heavy (non-hydrogen) atoms. The second-order valence-corrected chi connectivity index (χ2v) is 5.00. The second-order valence-electron chi connectivity index (χ2n) is 5.00. The van der Waals surface area contributed by atoms with E-state index in [4.69, 9.17) is 0 Å². The van der Waals surface area contributed by atoms with E-state index in [1.165, 1.54) is 18.6 Å². The maximum Gasteiger partial charge on any atom is 0.123 e. The lowest BCUT2D eigenvalue weighted by atomic mass is 10.0. The summed E-state index contributed by atoms with van der Waals surface area (Å²) >= 11 is 0. The van der Waals surface area contributed by atoms with E-state index in [1.54, 1.807) is 0 Å². The Hall–Kier alpha value is -1.09. The number of aliphatic hydroxyl groups excluding tert-OH is 1. The lowest BCUT2D eigenvalue weighted by Gasteiger charge is -2.18. The molecule has 1 aliphatic rings. The summed E-state index contributed by atoms with van der Waals surface area (Å²) in [6, 6.07) is 6.70. The van der Waals surface area contributed by atoms with E-state index in [9.17, 15) is 9.50 Å². The normalized spacial score (nSPS) is 21.8. The van der Waals surface area contributed by atoms with E-state index in [2.05, 4.69) is 4.90 Å². The fourth-order valence-corrected chi connectivity index (χ4v) is 2.43. The third-order valence-electron chi connectivity index (χ3n) is 3.47. The van der Waals surface area contributed by atoms with Crippen LogP contribution in [-0.4, -0.2) is 24.3 Å². The van der Waals surface area contributed by atoms with Gasteiger partial charge in [0.2, 0.25) is 0 Å². The monoisotopic (exact) mass is 237 g/mol. The Morgan fingerprint density at radius 3 is 2.76 bits per heavy atom. The molecule has 1 heterocycles. The fraction of sp³-hybridized carbons (Fsp3) is 0.571. The van der Waals surface area contributed by atoms with Crippen LogP contribution in [0, 0.1) is 11.7 Å². The van der Waals surface area contributed by atoms with Gasteiger partial charge in [-0.15, -0.1) is 0 Å². The van der Waals surface area contributed by atoms with Crippen LogP contribution in [0.5, 0.6) is 0 Å². The summed E-state index contributed by atoms with van der Waals surface area (Å²) in [6.45, 7) is 3.90. The second kappa shape index (κ2) is 5.50. The third kappa shape index (κ3) is 3.43. The summed E-state index contributed by atoms with van der Waals surface area (Å²) < 4.78 is 12.8.